The van der Waals surface area contributed by atoms with Crippen LogP contribution in [0.2, 0.25) is 0 Å². The van der Waals surface area contributed by atoms with Crippen LogP contribution >= 0.6 is 0 Å². The number of cyclic esters (lactones) is 2. The Morgan fingerprint density at radius 3 is 2.35 bits per heavy atom. The average molecular weight is 239 g/mol. The first-order valence-electron chi connectivity index (χ1n) is 4.97. The summed E-state index contributed by atoms with van der Waals surface area (Å²) in [5.41, 5.74) is 0. The fourth-order valence-electron chi connectivity index (χ4n) is 1.62. The zero-order chi connectivity index (χ0) is 12.4. The molecule has 2 aliphatic rings. The van der Waals surface area contributed by atoms with Gasteiger partial charge in [0.1, 0.15) is 6.04 Å². The summed E-state index contributed by atoms with van der Waals surface area (Å²) < 4.78 is 9.34. The van der Waals surface area contributed by atoms with Gasteiger partial charge in [-0.2, -0.15) is 0 Å². The van der Waals surface area contributed by atoms with E-state index in [1.807, 2.05) is 0 Å². The van der Waals surface area contributed by atoms with Gasteiger partial charge in [-0.05, 0) is 0 Å². The fourth-order valence-corrected chi connectivity index (χ4v) is 1.62. The summed E-state index contributed by atoms with van der Waals surface area (Å²) in [5.74, 6) is -2.55. The summed E-state index contributed by atoms with van der Waals surface area (Å²) in [5, 5.41) is 0. The van der Waals surface area contributed by atoms with Crippen LogP contribution in [0.15, 0.2) is 12.2 Å². The summed E-state index contributed by atoms with van der Waals surface area (Å²) in [6.45, 7) is -0.533. The molecular weight excluding hydrogens is 230 g/mol. The van der Waals surface area contributed by atoms with Crippen LogP contribution in [0.4, 0.5) is 0 Å². The molecule has 0 bridgehead atoms. The van der Waals surface area contributed by atoms with Crippen molar-refractivity contribution in [3.8, 4) is 0 Å². The van der Waals surface area contributed by atoms with Gasteiger partial charge in [-0.25, -0.2) is 9.59 Å². The Morgan fingerprint density at radius 1 is 1.06 bits per heavy atom. The molecule has 0 N–H and O–H groups in total. The lowest BCUT2D eigenvalue weighted by Gasteiger charge is -2.25. The lowest BCUT2D eigenvalue weighted by molar-refractivity contribution is -0.169. The van der Waals surface area contributed by atoms with Gasteiger partial charge in [0.2, 0.25) is 0 Å². The van der Waals surface area contributed by atoms with Crippen molar-refractivity contribution in [3.05, 3.63) is 12.2 Å². The Labute approximate surface area is 96.0 Å². The molecule has 0 unspecified atom stereocenters. The summed E-state index contributed by atoms with van der Waals surface area (Å²) in [4.78, 5) is 46.1. The van der Waals surface area contributed by atoms with E-state index >= 15 is 0 Å². The third-order valence-corrected chi connectivity index (χ3v) is 2.41. The monoisotopic (exact) mass is 239 g/mol. The zero-order valence-electron chi connectivity index (χ0n) is 8.75. The number of hydrogen-bond donors (Lipinski definition) is 0. The van der Waals surface area contributed by atoms with Gasteiger partial charge >= 0.3 is 11.9 Å². The Hall–Kier alpha value is -2.18. The Bertz CT molecular complexity index is 409. The predicted molar refractivity (Wildman–Crippen MR) is 51.3 cm³/mol. The maximum Gasteiger partial charge on any atom is 0.344 e. The second kappa shape index (κ2) is 4.36. The molecule has 0 aliphatic carbocycles. The Kier molecular flexibility index (Phi) is 2.90. The molecule has 7 nitrogen and oxygen atoms in total. The van der Waals surface area contributed by atoms with Gasteiger partial charge in [-0.1, -0.05) is 0 Å². The average Bonchev–Trinajstić information content (AvgIpc) is 2.60. The molecule has 17 heavy (non-hydrogen) atoms. The lowest BCUT2D eigenvalue weighted by atomic mass is 10.2. The maximum atomic E-state index is 11.6. The van der Waals surface area contributed by atoms with Crippen LogP contribution in [0.25, 0.3) is 0 Å². The number of nitrogens with zero attached hydrogens (tertiary/aromatic N) is 1. The highest BCUT2D eigenvalue weighted by molar-refractivity contribution is 6.14. The van der Waals surface area contributed by atoms with Crippen molar-refractivity contribution in [1.29, 1.82) is 0 Å². The van der Waals surface area contributed by atoms with Crippen molar-refractivity contribution in [1.82, 2.24) is 4.90 Å². The molecule has 0 radical (unpaired) electrons. The molecule has 0 saturated carbocycles. The van der Waals surface area contributed by atoms with Crippen molar-refractivity contribution in [3.63, 3.8) is 0 Å². The molecule has 1 fully saturated rings. The van der Waals surface area contributed by atoms with Gasteiger partial charge < -0.3 is 9.47 Å². The van der Waals surface area contributed by atoms with Crippen LogP contribution in [0.1, 0.15) is 6.42 Å². The molecule has 1 atom stereocenters. The fraction of sp³-hybridized carbons (Fsp3) is 0.400. The number of imide groups is 1. The Balaban J connectivity index is 2.14. The molecule has 90 valence electrons. The van der Waals surface area contributed by atoms with Crippen LogP contribution in [-0.2, 0) is 28.7 Å². The van der Waals surface area contributed by atoms with E-state index in [1.54, 1.807) is 0 Å². The number of hydrogen-bond acceptors (Lipinski definition) is 6. The smallest absolute Gasteiger partial charge is 0.344 e. The number of carbonyl (C=O) groups is 4. The van der Waals surface area contributed by atoms with E-state index < -0.39 is 36.4 Å². The van der Waals surface area contributed by atoms with Crippen molar-refractivity contribution in [2.45, 2.75) is 12.5 Å². The largest absolute Gasteiger partial charge is 0.463 e. The molecule has 0 aromatic rings. The van der Waals surface area contributed by atoms with E-state index in [9.17, 15) is 19.2 Å². The highest BCUT2D eigenvalue weighted by Crippen LogP contribution is 2.15. The first-order chi connectivity index (χ1) is 8.09. The standard InChI is InChI=1S/C10H9NO6/c12-7-1-2-8(13)11(7)6-3-4-16-9(14)5-17-10(6)15/h1-2,6H,3-5H2/t6-/m0/s1. The predicted octanol–water partition coefficient (Wildman–Crippen LogP) is -1.23. The van der Waals surface area contributed by atoms with Gasteiger partial charge in [0, 0.05) is 18.6 Å². The highest BCUT2D eigenvalue weighted by atomic mass is 16.6. The first-order valence-corrected chi connectivity index (χ1v) is 4.97. The summed E-state index contributed by atoms with van der Waals surface area (Å²) in [6.07, 6.45) is 2.21. The van der Waals surface area contributed by atoms with Crippen molar-refractivity contribution in [2.24, 2.45) is 0 Å². The summed E-state index contributed by atoms with van der Waals surface area (Å²) in [6, 6.07) is -1.03. The van der Waals surface area contributed by atoms with Gasteiger partial charge in [-0.15, -0.1) is 0 Å². The van der Waals surface area contributed by atoms with Crippen LogP contribution in [-0.4, -0.2) is 47.9 Å². The minimum absolute atomic E-state index is 0.0321. The van der Waals surface area contributed by atoms with Crippen LogP contribution in [0.3, 0.4) is 0 Å². The molecule has 7 heteroatoms. The number of carbonyl (C=O) groups excluding carboxylic acids is 4. The molecule has 2 heterocycles. The maximum absolute atomic E-state index is 11.6. The van der Waals surface area contributed by atoms with Crippen molar-refractivity contribution >= 4 is 23.8 Å². The van der Waals surface area contributed by atoms with E-state index in [2.05, 4.69) is 4.74 Å². The number of amides is 2. The minimum Gasteiger partial charge on any atom is -0.463 e. The van der Waals surface area contributed by atoms with E-state index in [1.165, 1.54) is 0 Å². The second-order valence-electron chi connectivity index (χ2n) is 3.51. The summed E-state index contributed by atoms with van der Waals surface area (Å²) in [7, 11) is 0. The summed E-state index contributed by atoms with van der Waals surface area (Å²) >= 11 is 0. The van der Waals surface area contributed by atoms with E-state index in [0.29, 0.717) is 0 Å². The quantitative estimate of drug-likeness (QED) is 0.420. The highest BCUT2D eigenvalue weighted by Gasteiger charge is 2.37. The molecule has 2 rings (SSSR count). The Morgan fingerprint density at radius 2 is 1.71 bits per heavy atom. The van der Waals surface area contributed by atoms with Crippen molar-refractivity contribution in [2.75, 3.05) is 13.2 Å². The SMILES string of the molecule is O=C1COC(=O)[C@@H](N2C(=O)C=CC2=O)CCO1. The van der Waals surface area contributed by atoms with E-state index in [4.69, 9.17) is 4.74 Å². The number of ether oxygens (including phenoxy) is 2. The first kappa shape index (κ1) is 11.3. The normalized spacial score (nSPS) is 25.4. The molecule has 0 aromatic carbocycles. The van der Waals surface area contributed by atoms with Gasteiger partial charge in [0.05, 0.1) is 6.61 Å². The number of esters is 2. The molecule has 0 aromatic heterocycles. The van der Waals surface area contributed by atoms with Crippen LogP contribution in [0, 0.1) is 0 Å². The van der Waals surface area contributed by atoms with Crippen molar-refractivity contribution < 1.29 is 28.7 Å². The van der Waals surface area contributed by atoms with E-state index in [-0.39, 0.29) is 13.0 Å². The third-order valence-electron chi connectivity index (χ3n) is 2.41. The van der Waals surface area contributed by atoms with Gasteiger partial charge in [-0.3, -0.25) is 14.5 Å². The molecule has 0 spiro atoms. The minimum atomic E-state index is -1.03. The van der Waals surface area contributed by atoms with Gasteiger partial charge in [0.15, 0.2) is 6.61 Å². The van der Waals surface area contributed by atoms with E-state index in [0.717, 1.165) is 17.1 Å². The van der Waals surface area contributed by atoms with Crippen LogP contribution < -0.4 is 0 Å². The molecule has 2 aliphatic heterocycles. The zero-order valence-corrected chi connectivity index (χ0v) is 8.75. The molecular formula is C10H9NO6. The lowest BCUT2D eigenvalue weighted by Crippen LogP contribution is -2.47. The second-order valence-corrected chi connectivity index (χ2v) is 3.51. The van der Waals surface area contributed by atoms with Gasteiger partial charge in [0.25, 0.3) is 11.8 Å². The number of rotatable bonds is 1. The van der Waals surface area contributed by atoms with Crippen LogP contribution in [0.5, 0.6) is 0 Å². The molecule has 1 saturated heterocycles. The topological polar surface area (TPSA) is 90.0 Å². The third kappa shape index (κ3) is 2.17. The molecule has 2 amide bonds.